The standard InChI is InChI=1S/C19H16O8/c1-23-16(21)11-12-19(25-3)26-15(17(27-19)18(22)24-2)10-9-14(20)13-7-5-4-6-8-13/h4-10H,1-3H3/b10-9+. The second-order valence-electron chi connectivity index (χ2n) is 4.95. The summed E-state index contributed by atoms with van der Waals surface area (Å²) in [4.78, 5) is 35.4. The van der Waals surface area contributed by atoms with Gasteiger partial charge in [0.1, 0.15) is 0 Å². The zero-order valence-corrected chi connectivity index (χ0v) is 14.8. The normalized spacial score (nSPS) is 18.2. The van der Waals surface area contributed by atoms with E-state index in [1.54, 1.807) is 30.3 Å². The monoisotopic (exact) mass is 372 g/mol. The fourth-order valence-electron chi connectivity index (χ4n) is 1.96. The van der Waals surface area contributed by atoms with Crippen LogP contribution in [0.2, 0.25) is 0 Å². The third-order valence-corrected chi connectivity index (χ3v) is 3.29. The van der Waals surface area contributed by atoms with Crippen LogP contribution in [-0.2, 0) is 33.3 Å². The van der Waals surface area contributed by atoms with Gasteiger partial charge in [0.05, 0.1) is 14.2 Å². The van der Waals surface area contributed by atoms with E-state index in [9.17, 15) is 14.4 Å². The number of rotatable bonds is 5. The first kappa shape index (κ1) is 19.8. The molecular formula is C19H16O8. The van der Waals surface area contributed by atoms with E-state index in [0.29, 0.717) is 5.56 Å². The number of hydrogen-bond donors (Lipinski definition) is 0. The largest absolute Gasteiger partial charge is 0.463 e. The summed E-state index contributed by atoms with van der Waals surface area (Å²) in [6.45, 7) is 0. The van der Waals surface area contributed by atoms with E-state index in [1.165, 1.54) is 19.3 Å². The number of carbonyl (C=O) groups is 3. The van der Waals surface area contributed by atoms with Crippen molar-refractivity contribution >= 4 is 17.7 Å². The average molecular weight is 372 g/mol. The topological polar surface area (TPSA) is 97.4 Å². The molecule has 1 aromatic carbocycles. The molecule has 0 radical (unpaired) electrons. The van der Waals surface area contributed by atoms with Gasteiger partial charge in [-0.25, -0.2) is 9.59 Å². The molecule has 1 aromatic rings. The molecule has 1 atom stereocenters. The van der Waals surface area contributed by atoms with Crippen LogP contribution in [0.5, 0.6) is 0 Å². The summed E-state index contributed by atoms with van der Waals surface area (Å²) >= 11 is 0. The molecule has 8 heteroatoms. The Hall–Kier alpha value is -3.57. The summed E-state index contributed by atoms with van der Waals surface area (Å²) in [5.41, 5.74) is 0.441. The zero-order chi connectivity index (χ0) is 19.9. The van der Waals surface area contributed by atoms with Gasteiger partial charge in [0, 0.05) is 24.5 Å². The molecule has 0 saturated carbocycles. The highest BCUT2D eigenvalue weighted by molar-refractivity contribution is 6.04. The maximum atomic E-state index is 12.2. The minimum atomic E-state index is -2.06. The lowest BCUT2D eigenvalue weighted by Gasteiger charge is -2.19. The Balaban J connectivity index is 2.31. The summed E-state index contributed by atoms with van der Waals surface area (Å²) in [5, 5.41) is 0. The highest BCUT2D eigenvalue weighted by atomic mass is 16.9. The quantitative estimate of drug-likeness (QED) is 0.251. The predicted octanol–water partition coefficient (Wildman–Crippen LogP) is 1.33. The van der Waals surface area contributed by atoms with Crippen LogP contribution in [0.15, 0.2) is 54.0 Å². The summed E-state index contributed by atoms with van der Waals surface area (Å²) < 4.78 is 24.8. The van der Waals surface area contributed by atoms with Crippen molar-refractivity contribution in [3.05, 3.63) is 59.6 Å². The fourth-order valence-corrected chi connectivity index (χ4v) is 1.96. The molecule has 1 unspecified atom stereocenters. The number of methoxy groups -OCH3 is 3. The van der Waals surface area contributed by atoms with E-state index >= 15 is 0 Å². The molecule has 0 bridgehead atoms. The van der Waals surface area contributed by atoms with Gasteiger partial charge in [-0.3, -0.25) is 9.53 Å². The summed E-state index contributed by atoms with van der Waals surface area (Å²) in [6, 6.07) is 8.48. The minimum absolute atomic E-state index is 0.146. The molecular weight excluding hydrogens is 356 g/mol. The van der Waals surface area contributed by atoms with Crippen LogP contribution in [0.4, 0.5) is 0 Å². The van der Waals surface area contributed by atoms with Crippen molar-refractivity contribution < 1.29 is 38.1 Å². The second-order valence-corrected chi connectivity index (χ2v) is 4.95. The molecule has 8 nitrogen and oxygen atoms in total. The van der Waals surface area contributed by atoms with Crippen LogP contribution in [-0.4, -0.2) is 45.0 Å². The molecule has 0 aromatic heterocycles. The second kappa shape index (κ2) is 8.69. The Morgan fingerprint density at radius 1 is 1.04 bits per heavy atom. The molecule has 140 valence electrons. The molecule has 0 fully saturated rings. The SMILES string of the molecule is COC(=O)C#CC1(OC)OC(/C=C/C(=O)c2ccccc2)=C(C(=O)OC)O1. The average Bonchev–Trinajstić information content (AvgIpc) is 3.09. The molecule has 0 spiro atoms. The third kappa shape index (κ3) is 4.74. The van der Waals surface area contributed by atoms with Crippen LogP contribution in [0.3, 0.4) is 0 Å². The van der Waals surface area contributed by atoms with Gasteiger partial charge in [-0.05, 0) is 12.2 Å². The van der Waals surface area contributed by atoms with E-state index in [1.807, 2.05) is 0 Å². The van der Waals surface area contributed by atoms with Gasteiger partial charge >= 0.3 is 17.9 Å². The number of ketones is 1. The Labute approximate surface area is 155 Å². The van der Waals surface area contributed by atoms with Gasteiger partial charge in [-0.1, -0.05) is 30.3 Å². The van der Waals surface area contributed by atoms with E-state index in [4.69, 9.17) is 14.2 Å². The Kier molecular flexibility index (Phi) is 6.36. The highest BCUT2D eigenvalue weighted by Crippen LogP contribution is 2.32. The van der Waals surface area contributed by atoms with E-state index < -0.39 is 17.9 Å². The molecule has 0 saturated heterocycles. The maximum absolute atomic E-state index is 12.2. The molecule has 1 aliphatic rings. The van der Waals surface area contributed by atoms with Crippen LogP contribution in [0.1, 0.15) is 10.4 Å². The summed E-state index contributed by atoms with van der Waals surface area (Å²) in [5.74, 6) is -0.242. The number of esters is 2. The van der Waals surface area contributed by atoms with Crippen molar-refractivity contribution in [3.8, 4) is 11.8 Å². The Bertz CT molecular complexity index is 857. The first-order valence-corrected chi connectivity index (χ1v) is 7.59. The van der Waals surface area contributed by atoms with Crippen molar-refractivity contribution in [2.45, 2.75) is 5.97 Å². The van der Waals surface area contributed by atoms with Crippen LogP contribution < -0.4 is 0 Å². The van der Waals surface area contributed by atoms with Crippen LogP contribution in [0.25, 0.3) is 0 Å². The lowest BCUT2D eigenvalue weighted by molar-refractivity contribution is -0.273. The van der Waals surface area contributed by atoms with Crippen LogP contribution in [0, 0.1) is 11.8 Å². The highest BCUT2D eigenvalue weighted by Gasteiger charge is 2.45. The van der Waals surface area contributed by atoms with Crippen LogP contribution >= 0.6 is 0 Å². The maximum Gasteiger partial charge on any atom is 0.444 e. The number of allylic oxidation sites excluding steroid dienone is 2. The molecule has 1 aliphatic heterocycles. The zero-order valence-electron chi connectivity index (χ0n) is 14.8. The summed E-state index contributed by atoms with van der Waals surface area (Å²) in [7, 11) is 3.49. The molecule has 0 N–H and O–H groups in total. The molecule has 2 rings (SSSR count). The fraction of sp³-hybridized carbons (Fsp3) is 0.211. The lowest BCUT2D eigenvalue weighted by atomic mass is 10.1. The van der Waals surface area contributed by atoms with Crippen molar-refractivity contribution in [2.75, 3.05) is 21.3 Å². The Morgan fingerprint density at radius 3 is 2.33 bits per heavy atom. The van der Waals surface area contributed by atoms with E-state index in [2.05, 4.69) is 21.3 Å². The van der Waals surface area contributed by atoms with Crippen molar-refractivity contribution in [2.24, 2.45) is 0 Å². The number of hydrogen-bond acceptors (Lipinski definition) is 8. The van der Waals surface area contributed by atoms with Crippen molar-refractivity contribution in [3.63, 3.8) is 0 Å². The first-order valence-electron chi connectivity index (χ1n) is 7.59. The Morgan fingerprint density at radius 2 is 1.74 bits per heavy atom. The number of carbonyl (C=O) groups excluding carboxylic acids is 3. The molecule has 1 heterocycles. The van der Waals surface area contributed by atoms with E-state index in [0.717, 1.165) is 14.2 Å². The van der Waals surface area contributed by atoms with Gasteiger partial charge in [0.15, 0.2) is 11.5 Å². The lowest BCUT2D eigenvalue weighted by Crippen LogP contribution is -2.32. The molecule has 0 amide bonds. The third-order valence-electron chi connectivity index (χ3n) is 3.29. The van der Waals surface area contributed by atoms with Gasteiger partial charge in [-0.15, -0.1) is 0 Å². The smallest absolute Gasteiger partial charge is 0.444 e. The predicted molar refractivity (Wildman–Crippen MR) is 90.7 cm³/mol. The van der Waals surface area contributed by atoms with Gasteiger partial charge in [0.25, 0.3) is 5.76 Å². The van der Waals surface area contributed by atoms with Crippen molar-refractivity contribution in [1.82, 2.24) is 0 Å². The molecule has 27 heavy (non-hydrogen) atoms. The first-order chi connectivity index (χ1) is 12.9. The van der Waals surface area contributed by atoms with Gasteiger partial charge < -0.3 is 18.9 Å². The number of ether oxygens (including phenoxy) is 5. The number of benzene rings is 1. The van der Waals surface area contributed by atoms with E-state index in [-0.39, 0.29) is 17.3 Å². The van der Waals surface area contributed by atoms with Gasteiger partial charge in [0.2, 0.25) is 0 Å². The van der Waals surface area contributed by atoms with Crippen molar-refractivity contribution in [1.29, 1.82) is 0 Å². The minimum Gasteiger partial charge on any atom is -0.463 e. The van der Waals surface area contributed by atoms with Gasteiger partial charge in [-0.2, -0.15) is 0 Å². The summed E-state index contributed by atoms with van der Waals surface area (Å²) in [6.07, 6.45) is 2.42. The molecule has 0 aliphatic carbocycles.